The standard InChI is InChI=1S/C19H16ClN3O3/c1-24-13-4-5-15-16(8-13)23-19(22-15)12(10-21)6-11-7-17(25-2)18(26-3)9-14(11)20/h4-9H,1-3H3,(H,22,23)/b12-6-. The second-order valence-electron chi connectivity index (χ2n) is 5.37. The van der Waals surface area contributed by atoms with Crippen molar-refractivity contribution < 1.29 is 14.2 Å². The van der Waals surface area contributed by atoms with Gasteiger partial charge in [-0.1, -0.05) is 11.6 Å². The molecule has 0 bridgehead atoms. The largest absolute Gasteiger partial charge is 0.497 e. The van der Waals surface area contributed by atoms with Crippen LogP contribution in [0.15, 0.2) is 30.3 Å². The third-order valence-corrected chi connectivity index (χ3v) is 4.19. The first kappa shape index (κ1) is 17.6. The van der Waals surface area contributed by atoms with Gasteiger partial charge in [-0.2, -0.15) is 5.26 Å². The molecule has 0 radical (unpaired) electrons. The molecule has 2 aromatic carbocycles. The molecule has 0 amide bonds. The van der Waals surface area contributed by atoms with Crippen LogP contribution in [0.3, 0.4) is 0 Å². The van der Waals surface area contributed by atoms with Gasteiger partial charge in [-0.3, -0.25) is 0 Å². The van der Waals surface area contributed by atoms with Gasteiger partial charge in [0, 0.05) is 12.1 Å². The Kier molecular flexibility index (Phi) is 5.01. The van der Waals surface area contributed by atoms with E-state index in [4.69, 9.17) is 25.8 Å². The summed E-state index contributed by atoms with van der Waals surface area (Å²) >= 11 is 6.31. The molecule has 0 aliphatic carbocycles. The second kappa shape index (κ2) is 7.38. The lowest BCUT2D eigenvalue weighted by Crippen LogP contribution is -1.92. The number of aromatic nitrogens is 2. The van der Waals surface area contributed by atoms with Crippen LogP contribution in [0.1, 0.15) is 11.4 Å². The van der Waals surface area contributed by atoms with Crippen LogP contribution in [-0.4, -0.2) is 31.3 Å². The third kappa shape index (κ3) is 3.30. The maximum Gasteiger partial charge on any atom is 0.162 e. The molecule has 3 rings (SSSR count). The number of allylic oxidation sites excluding steroid dienone is 1. The van der Waals surface area contributed by atoms with E-state index in [0.717, 1.165) is 11.0 Å². The molecule has 0 spiro atoms. The molecular formula is C19H16ClN3O3. The number of aromatic amines is 1. The van der Waals surface area contributed by atoms with E-state index >= 15 is 0 Å². The van der Waals surface area contributed by atoms with Crippen LogP contribution in [0, 0.1) is 11.3 Å². The van der Waals surface area contributed by atoms with Crippen molar-refractivity contribution in [1.29, 1.82) is 5.26 Å². The Morgan fingerprint density at radius 3 is 2.50 bits per heavy atom. The summed E-state index contributed by atoms with van der Waals surface area (Å²) in [5.74, 6) is 2.19. The van der Waals surface area contributed by atoms with Gasteiger partial charge in [-0.15, -0.1) is 0 Å². The van der Waals surface area contributed by atoms with E-state index in [1.54, 1.807) is 25.3 Å². The van der Waals surface area contributed by atoms with Crippen molar-refractivity contribution in [2.24, 2.45) is 0 Å². The highest BCUT2D eigenvalue weighted by Crippen LogP contribution is 2.35. The zero-order chi connectivity index (χ0) is 18.7. The molecule has 0 saturated carbocycles. The Balaban J connectivity index is 2.08. The predicted molar refractivity (Wildman–Crippen MR) is 101 cm³/mol. The van der Waals surface area contributed by atoms with Gasteiger partial charge in [-0.05, 0) is 29.8 Å². The van der Waals surface area contributed by atoms with Crippen molar-refractivity contribution in [1.82, 2.24) is 9.97 Å². The van der Waals surface area contributed by atoms with Crippen LogP contribution in [0.25, 0.3) is 22.7 Å². The van der Waals surface area contributed by atoms with E-state index in [1.165, 1.54) is 14.2 Å². The van der Waals surface area contributed by atoms with Crippen LogP contribution in [0.4, 0.5) is 0 Å². The van der Waals surface area contributed by atoms with Crippen molar-refractivity contribution in [2.75, 3.05) is 21.3 Å². The first-order chi connectivity index (χ1) is 12.6. The summed E-state index contributed by atoms with van der Waals surface area (Å²) in [6.45, 7) is 0. The predicted octanol–water partition coefficient (Wildman–Crippen LogP) is 4.31. The number of rotatable bonds is 5. The summed E-state index contributed by atoms with van der Waals surface area (Å²) in [4.78, 5) is 7.59. The van der Waals surface area contributed by atoms with Crippen molar-refractivity contribution in [3.63, 3.8) is 0 Å². The van der Waals surface area contributed by atoms with Crippen molar-refractivity contribution in [3.8, 4) is 23.3 Å². The van der Waals surface area contributed by atoms with Crippen LogP contribution in [0.5, 0.6) is 17.2 Å². The minimum Gasteiger partial charge on any atom is -0.497 e. The highest BCUT2D eigenvalue weighted by molar-refractivity contribution is 6.32. The van der Waals surface area contributed by atoms with Crippen molar-refractivity contribution in [3.05, 3.63) is 46.7 Å². The van der Waals surface area contributed by atoms with E-state index in [0.29, 0.717) is 39.2 Å². The number of hydrogen-bond donors (Lipinski definition) is 1. The normalized spacial score (nSPS) is 11.3. The van der Waals surface area contributed by atoms with Gasteiger partial charge in [0.15, 0.2) is 11.5 Å². The molecular weight excluding hydrogens is 354 g/mol. The van der Waals surface area contributed by atoms with Crippen molar-refractivity contribution >= 4 is 34.3 Å². The molecule has 0 atom stereocenters. The molecule has 132 valence electrons. The number of benzene rings is 2. The number of nitrogens with one attached hydrogen (secondary N) is 1. The van der Waals surface area contributed by atoms with Crippen LogP contribution < -0.4 is 14.2 Å². The van der Waals surface area contributed by atoms with Gasteiger partial charge in [0.2, 0.25) is 0 Å². The Bertz CT molecular complexity index is 1030. The summed E-state index contributed by atoms with van der Waals surface area (Å²) < 4.78 is 15.7. The quantitative estimate of drug-likeness (QED) is 0.678. The van der Waals surface area contributed by atoms with Gasteiger partial charge in [0.1, 0.15) is 17.6 Å². The van der Waals surface area contributed by atoms with Gasteiger partial charge in [0.25, 0.3) is 0 Å². The van der Waals surface area contributed by atoms with E-state index in [-0.39, 0.29) is 0 Å². The number of ether oxygens (including phenoxy) is 3. The number of halogens is 1. The summed E-state index contributed by atoms with van der Waals surface area (Å²) in [5, 5.41) is 10.0. The van der Waals surface area contributed by atoms with Gasteiger partial charge in [0.05, 0.1) is 43.0 Å². The monoisotopic (exact) mass is 369 g/mol. The average Bonchev–Trinajstić information content (AvgIpc) is 3.09. The van der Waals surface area contributed by atoms with E-state index < -0.39 is 0 Å². The molecule has 0 unspecified atom stereocenters. The van der Waals surface area contributed by atoms with E-state index in [2.05, 4.69) is 16.0 Å². The lowest BCUT2D eigenvalue weighted by molar-refractivity contribution is 0.355. The molecule has 1 aromatic heterocycles. The van der Waals surface area contributed by atoms with Crippen molar-refractivity contribution in [2.45, 2.75) is 0 Å². The molecule has 0 aliphatic heterocycles. The Morgan fingerprint density at radius 1 is 1.12 bits per heavy atom. The molecule has 1 heterocycles. The van der Waals surface area contributed by atoms with Gasteiger partial charge < -0.3 is 19.2 Å². The molecule has 7 heteroatoms. The van der Waals surface area contributed by atoms with Crippen LogP contribution in [0.2, 0.25) is 5.02 Å². The first-order valence-corrected chi connectivity index (χ1v) is 8.04. The molecule has 26 heavy (non-hydrogen) atoms. The Labute approximate surface area is 155 Å². The zero-order valence-electron chi connectivity index (χ0n) is 14.5. The molecule has 0 saturated heterocycles. The number of hydrogen-bond acceptors (Lipinski definition) is 5. The Morgan fingerprint density at radius 2 is 1.85 bits per heavy atom. The fourth-order valence-corrected chi connectivity index (χ4v) is 2.74. The molecule has 6 nitrogen and oxygen atoms in total. The second-order valence-corrected chi connectivity index (χ2v) is 5.77. The minimum atomic E-state index is 0.342. The summed E-state index contributed by atoms with van der Waals surface area (Å²) in [5.41, 5.74) is 2.48. The van der Waals surface area contributed by atoms with Gasteiger partial charge >= 0.3 is 0 Å². The smallest absolute Gasteiger partial charge is 0.162 e. The van der Waals surface area contributed by atoms with E-state index in [9.17, 15) is 5.26 Å². The topological polar surface area (TPSA) is 80.2 Å². The number of nitriles is 1. The fraction of sp³-hybridized carbons (Fsp3) is 0.158. The summed E-state index contributed by atoms with van der Waals surface area (Å²) in [7, 11) is 4.67. The summed E-state index contributed by atoms with van der Waals surface area (Å²) in [6.07, 6.45) is 1.65. The number of H-pyrrole nitrogens is 1. The molecule has 1 N–H and O–H groups in total. The number of imidazole rings is 1. The van der Waals surface area contributed by atoms with Crippen LogP contribution >= 0.6 is 11.6 Å². The molecule has 0 aliphatic rings. The Hall–Kier alpha value is -3.17. The van der Waals surface area contributed by atoms with E-state index in [1.807, 2.05) is 18.2 Å². The maximum absolute atomic E-state index is 9.58. The average molecular weight is 370 g/mol. The zero-order valence-corrected chi connectivity index (χ0v) is 15.2. The maximum atomic E-state index is 9.58. The number of methoxy groups -OCH3 is 3. The lowest BCUT2D eigenvalue weighted by Gasteiger charge is -2.09. The van der Waals surface area contributed by atoms with Gasteiger partial charge in [-0.25, -0.2) is 4.98 Å². The number of fused-ring (bicyclic) bond motifs is 1. The fourth-order valence-electron chi connectivity index (χ4n) is 2.53. The first-order valence-electron chi connectivity index (χ1n) is 7.67. The third-order valence-electron chi connectivity index (χ3n) is 3.87. The lowest BCUT2D eigenvalue weighted by atomic mass is 10.1. The SMILES string of the molecule is COc1ccc2nc(/C(C#N)=C\c3cc(OC)c(OC)cc3Cl)[nH]c2c1. The van der Waals surface area contributed by atoms with Crippen LogP contribution in [-0.2, 0) is 0 Å². The highest BCUT2D eigenvalue weighted by Gasteiger charge is 2.12. The molecule has 3 aromatic rings. The number of nitrogens with zero attached hydrogens (tertiary/aromatic N) is 2. The minimum absolute atomic E-state index is 0.342. The highest BCUT2D eigenvalue weighted by atomic mass is 35.5. The molecule has 0 fully saturated rings. The summed E-state index contributed by atoms with van der Waals surface area (Å²) in [6, 6.07) is 11.0.